The van der Waals surface area contributed by atoms with Gasteiger partial charge in [-0.3, -0.25) is 0 Å². The van der Waals surface area contributed by atoms with Crippen molar-refractivity contribution in [1.29, 1.82) is 0 Å². The molecule has 0 saturated heterocycles. The van der Waals surface area contributed by atoms with Crippen LogP contribution in [0.15, 0.2) is 0 Å². The van der Waals surface area contributed by atoms with E-state index in [1.807, 2.05) is 13.8 Å². The fourth-order valence-corrected chi connectivity index (χ4v) is 1.80. The molecule has 0 amide bonds. The Morgan fingerprint density at radius 1 is 0.864 bits per heavy atom. The predicted octanol–water partition coefficient (Wildman–Crippen LogP) is -6.92. The average Bonchev–Trinajstić information content (AvgIpc) is 2.37. The van der Waals surface area contributed by atoms with Gasteiger partial charge in [0.2, 0.25) is 0 Å². The first-order chi connectivity index (χ1) is 9.40. The first-order valence-corrected chi connectivity index (χ1v) is 7.02. The van der Waals surface area contributed by atoms with Crippen LogP contribution in [0.4, 0.5) is 0 Å². The zero-order valence-electron chi connectivity index (χ0n) is 14.3. The van der Waals surface area contributed by atoms with Crippen LogP contribution in [0, 0.1) is 11.8 Å². The number of carboxylic acid groups (broad SMARTS) is 2. The summed E-state index contributed by atoms with van der Waals surface area (Å²) in [5.74, 6) is -2.38. The van der Waals surface area contributed by atoms with Crippen molar-refractivity contribution >= 4 is 11.9 Å². The van der Waals surface area contributed by atoms with Crippen molar-refractivity contribution in [2.75, 3.05) is 13.2 Å². The molecule has 0 aliphatic heterocycles. The molecule has 0 radical (unpaired) electrons. The van der Waals surface area contributed by atoms with Crippen LogP contribution in [0.3, 0.4) is 0 Å². The van der Waals surface area contributed by atoms with Crippen LogP contribution in [-0.2, 0) is 9.59 Å². The zero-order chi connectivity index (χ0) is 16.0. The largest absolute Gasteiger partial charge is 1.00 e. The standard InChI is InChI=1S/2C7H14O3.Li.Na/c2*1-2-3-6(5-8)4-7(9)10;;/h2*6,8H,2-5H2,1H3,(H,9,10);;/q;;2*+1/p-2. The van der Waals surface area contributed by atoms with Gasteiger partial charge in [-0.2, -0.15) is 0 Å². The number of aliphatic carboxylic acids is 2. The first-order valence-electron chi connectivity index (χ1n) is 7.02. The van der Waals surface area contributed by atoms with Gasteiger partial charge in [-0.1, -0.05) is 26.7 Å². The number of hydrogen-bond acceptors (Lipinski definition) is 6. The molecule has 0 bridgehead atoms. The molecule has 0 aromatic carbocycles. The van der Waals surface area contributed by atoms with Crippen LogP contribution in [0.2, 0.25) is 0 Å². The molecule has 0 fully saturated rings. The Balaban J connectivity index is -0.000000135. The van der Waals surface area contributed by atoms with Gasteiger partial charge >= 0.3 is 48.4 Å². The second-order valence-corrected chi connectivity index (χ2v) is 4.83. The maximum atomic E-state index is 10.0. The van der Waals surface area contributed by atoms with Gasteiger partial charge in [0.1, 0.15) is 0 Å². The molecule has 0 rings (SSSR count). The number of aliphatic hydroxyl groups excluding tert-OH is 2. The van der Waals surface area contributed by atoms with Crippen molar-refractivity contribution in [3.8, 4) is 0 Å². The minimum atomic E-state index is -1.08. The van der Waals surface area contributed by atoms with E-state index in [9.17, 15) is 19.8 Å². The zero-order valence-corrected chi connectivity index (χ0v) is 16.3. The number of rotatable bonds is 10. The van der Waals surface area contributed by atoms with Gasteiger partial charge < -0.3 is 30.0 Å². The molecule has 0 heterocycles. The Hall–Kier alpha value is 0.457. The van der Waals surface area contributed by atoms with E-state index in [1.54, 1.807) is 0 Å². The monoisotopic (exact) mass is 320 g/mol. The minimum Gasteiger partial charge on any atom is -0.550 e. The number of carboxylic acids is 2. The SMILES string of the molecule is CCCC(CO)CC(=O)[O-].CCCC(CO)CC(=O)[O-].[Li+].[Na+]. The topological polar surface area (TPSA) is 121 Å². The molecule has 8 heteroatoms. The van der Waals surface area contributed by atoms with Gasteiger partial charge in [0.15, 0.2) is 0 Å². The summed E-state index contributed by atoms with van der Waals surface area (Å²) in [6.07, 6.45) is 3.26. The molecule has 0 aliphatic carbocycles. The van der Waals surface area contributed by atoms with Gasteiger partial charge in [-0.25, -0.2) is 0 Å². The molecule has 2 unspecified atom stereocenters. The van der Waals surface area contributed by atoms with Gasteiger partial charge in [-0.15, -0.1) is 0 Å². The molecule has 2 N–H and O–H groups in total. The van der Waals surface area contributed by atoms with Crippen molar-refractivity contribution < 1.29 is 78.4 Å². The van der Waals surface area contributed by atoms with Crippen LogP contribution in [0.1, 0.15) is 52.4 Å². The Morgan fingerprint density at radius 2 is 1.14 bits per heavy atom. The van der Waals surface area contributed by atoms with Gasteiger partial charge in [-0.05, 0) is 37.5 Å². The third-order valence-corrected chi connectivity index (χ3v) is 2.82. The quantitative estimate of drug-likeness (QED) is 0.386. The summed E-state index contributed by atoms with van der Waals surface area (Å²) in [6, 6.07) is 0. The molecule has 2 atom stereocenters. The maximum Gasteiger partial charge on any atom is 1.00 e. The van der Waals surface area contributed by atoms with E-state index in [0.717, 1.165) is 25.7 Å². The normalized spacial score (nSPS) is 11.8. The van der Waals surface area contributed by atoms with E-state index in [1.165, 1.54) is 0 Å². The van der Waals surface area contributed by atoms with Crippen LogP contribution in [-0.4, -0.2) is 35.4 Å². The maximum absolute atomic E-state index is 10.0. The summed E-state index contributed by atoms with van der Waals surface area (Å²) in [7, 11) is 0. The van der Waals surface area contributed by atoms with Crippen molar-refractivity contribution in [3.05, 3.63) is 0 Å². The van der Waals surface area contributed by atoms with E-state index in [-0.39, 0.29) is 86.3 Å². The molecule has 0 aliphatic rings. The molecular weight excluding hydrogens is 294 g/mol. The third-order valence-electron chi connectivity index (χ3n) is 2.82. The Kier molecular flexibility index (Phi) is 29.6. The van der Waals surface area contributed by atoms with Crippen LogP contribution in [0.25, 0.3) is 0 Å². The summed E-state index contributed by atoms with van der Waals surface area (Å²) in [5.41, 5.74) is 0. The predicted molar refractivity (Wildman–Crippen MR) is 70.2 cm³/mol. The molecule has 22 heavy (non-hydrogen) atoms. The van der Waals surface area contributed by atoms with E-state index in [2.05, 4.69) is 0 Å². The summed E-state index contributed by atoms with van der Waals surface area (Å²) < 4.78 is 0. The minimum absolute atomic E-state index is 0. The van der Waals surface area contributed by atoms with Crippen molar-refractivity contribution in [2.24, 2.45) is 11.8 Å². The Labute approximate surface area is 167 Å². The van der Waals surface area contributed by atoms with Gasteiger partial charge in [0.25, 0.3) is 0 Å². The summed E-state index contributed by atoms with van der Waals surface area (Å²) >= 11 is 0. The van der Waals surface area contributed by atoms with Gasteiger partial charge in [0.05, 0.1) is 0 Å². The number of hydrogen-bond donors (Lipinski definition) is 2. The molecular formula is C14H26LiNaO6. The van der Waals surface area contributed by atoms with E-state index < -0.39 is 11.9 Å². The fraction of sp³-hybridized carbons (Fsp3) is 0.857. The van der Waals surface area contributed by atoms with Crippen molar-refractivity contribution in [3.63, 3.8) is 0 Å². The molecule has 0 saturated carbocycles. The third kappa shape index (κ3) is 22.7. The Morgan fingerprint density at radius 3 is 1.27 bits per heavy atom. The van der Waals surface area contributed by atoms with Gasteiger partial charge in [0, 0.05) is 25.2 Å². The summed E-state index contributed by atoms with van der Waals surface area (Å²) in [6.45, 7) is 3.81. The summed E-state index contributed by atoms with van der Waals surface area (Å²) in [5, 5.41) is 37.3. The fourth-order valence-electron chi connectivity index (χ4n) is 1.80. The number of aliphatic hydroxyl groups is 2. The molecule has 120 valence electrons. The molecule has 0 spiro atoms. The second kappa shape index (κ2) is 21.5. The van der Waals surface area contributed by atoms with E-state index in [4.69, 9.17) is 10.2 Å². The van der Waals surface area contributed by atoms with E-state index >= 15 is 0 Å². The molecule has 0 aromatic heterocycles. The Bertz CT molecular complexity index is 240. The first kappa shape index (κ1) is 30.4. The second-order valence-electron chi connectivity index (χ2n) is 4.83. The smallest absolute Gasteiger partial charge is 0.550 e. The average molecular weight is 320 g/mol. The van der Waals surface area contributed by atoms with Crippen LogP contribution < -0.4 is 58.6 Å². The number of carbonyl (C=O) groups is 2. The number of carbonyl (C=O) groups excluding carboxylic acids is 2. The van der Waals surface area contributed by atoms with Crippen molar-refractivity contribution in [1.82, 2.24) is 0 Å². The van der Waals surface area contributed by atoms with Crippen LogP contribution >= 0.6 is 0 Å². The van der Waals surface area contributed by atoms with Crippen molar-refractivity contribution in [2.45, 2.75) is 52.4 Å². The van der Waals surface area contributed by atoms with Crippen LogP contribution in [0.5, 0.6) is 0 Å². The molecule has 0 aromatic rings. The molecule has 6 nitrogen and oxygen atoms in total. The summed E-state index contributed by atoms with van der Waals surface area (Å²) in [4.78, 5) is 20.0. The van der Waals surface area contributed by atoms with E-state index in [0.29, 0.717) is 0 Å².